The Morgan fingerprint density at radius 3 is 2.32 bits per heavy atom. The molecule has 154 valence electrons. The number of halogens is 3. The molecule has 0 radical (unpaired) electrons. The Morgan fingerprint density at radius 2 is 1.75 bits per heavy atom. The van der Waals surface area contributed by atoms with Gasteiger partial charge in [-0.15, -0.1) is 0 Å². The van der Waals surface area contributed by atoms with Gasteiger partial charge in [0, 0.05) is 51.5 Å². The van der Waals surface area contributed by atoms with Crippen molar-refractivity contribution in [3.63, 3.8) is 0 Å². The molecule has 0 saturated carbocycles. The molecule has 3 aliphatic rings. The minimum atomic E-state index is -4.42. The molecule has 6 nitrogen and oxygen atoms in total. The molecule has 1 amide bonds. The third-order valence-corrected chi connectivity index (χ3v) is 5.99. The van der Waals surface area contributed by atoms with Crippen LogP contribution in [0.3, 0.4) is 0 Å². The highest BCUT2D eigenvalue weighted by Gasteiger charge is 2.41. The van der Waals surface area contributed by atoms with Gasteiger partial charge in [-0.1, -0.05) is 6.07 Å². The Bertz CT molecular complexity index is 723. The number of nitrogens with zero attached hydrogens (tertiary/aromatic N) is 3. The zero-order valence-electron chi connectivity index (χ0n) is 15.5. The summed E-state index contributed by atoms with van der Waals surface area (Å²) >= 11 is 0. The van der Waals surface area contributed by atoms with Crippen molar-refractivity contribution in [1.29, 1.82) is 0 Å². The van der Waals surface area contributed by atoms with Crippen LogP contribution in [-0.2, 0) is 17.5 Å². The van der Waals surface area contributed by atoms with Crippen LogP contribution in [0.15, 0.2) is 18.2 Å². The number of alkyl halides is 3. The maximum absolute atomic E-state index is 13.7. The van der Waals surface area contributed by atoms with Crippen molar-refractivity contribution in [3.8, 4) is 0 Å². The quantitative estimate of drug-likeness (QED) is 0.767. The van der Waals surface area contributed by atoms with E-state index in [1.807, 2.05) is 9.80 Å². The number of morpholine rings is 1. The molecule has 1 aromatic carbocycles. The van der Waals surface area contributed by atoms with Gasteiger partial charge in [0.05, 0.1) is 18.8 Å². The van der Waals surface area contributed by atoms with Gasteiger partial charge in [0.15, 0.2) is 0 Å². The fraction of sp³-hybridized carbons (Fsp3) is 0.632. The molecule has 0 aromatic heterocycles. The summed E-state index contributed by atoms with van der Waals surface area (Å²) in [6, 6.07) is 4.58. The Morgan fingerprint density at radius 1 is 1.11 bits per heavy atom. The number of anilines is 1. The molecule has 28 heavy (non-hydrogen) atoms. The molecule has 0 spiro atoms. The number of fused-ring (bicyclic) bond motifs is 1. The van der Waals surface area contributed by atoms with Crippen LogP contribution >= 0.6 is 0 Å². The third kappa shape index (κ3) is 3.91. The van der Waals surface area contributed by atoms with Gasteiger partial charge in [0.2, 0.25) is 0 Å². The Labute approximate surface area is 161 Å². The SMILES string of the molecule is O=C([O-])N1CC2CN(Cc3ccc(N4CCOCC4)cc3C(F)(F)F)CC2C1. The number of amides is 1. The van der Waals surface area contributed by atoms with E-state index in [1.165, 1.54) is 11.0 Å². The topological polar surface area (TPSA) is 59.1 Å². The second-order valence-corrected chi connectivity index (χ2v) is 7.82. The van der Waals surface area contributed by atoms with Crippen molar-refractivity contribution >= 4 is 11.8 Å². The van der Waals surface area contributed by atoms with E-state index in [1.54, 1.807) is 12.1 Å². The summed E-state index contributed by atoms with van der Waals surface area (Å²) in [5.74, 6) is 0.333. The van der Waals surface area contributed by atoms with Crippen molar-refractivity contribution in [3.05, 3.63) is 29.3 Å². The summed E-state index contributed by atoms with van der Waals surface area (Å²) in [6.45, 7) is 4.45. The van der Waals surface area contributed by atoms with E-state index < -0.39 is 17.8 Å². The van der Waals surface area contributed by atoms with Crippen LogP contribution in [0.25, 0.3) is 0 Å². The molecule has 2 atom stereocenters. The van der Waals surface area contributed by atoms with E-state index in [2.05, 4.69) is 0 Å². The van der Waals surface area contributed by atoms with Gasteiger partial charge in [-0.25, -0.2) is 0 Å². The monoisotopic (exact) mass is 398 g/mol. The summed E-state index contributed by atoms with van der Waals surface area (Å²) < 4.78 is 46.4. The highest BCUT2D eigenvalue weighted by atomic mass is 19.4. The van der Waals surface area contributed by atoms with Crippen molar-refractivity contribution in [1.82, 2.24) is 9.80 Å². The molecular weight excluding hydrogens is 375 g/mol. The molecule has 0 N–H and O–H groups in total. The smallest absolute Gasteiger partial charge is 0.416 e. The van der Waals surface area contributed by atoms with E-state index in [0.29, 0.717) is 58.2 Å². The highest BCUT2D eigenvalue weighted by Crippen LogP contribution is 2.37. The number of carboxylic acid groups (broad SMARTS) is 1. The predicted octanol–water partition coefficient (Wildman–Crippen LogP) is 1.25. The van der Waals surface area contributed by atoms with Gasteiger partial charge < -0.3 is 24.4 Å². The van der Waals surface area contributed by atoms with Gasteiger partial charge in [-0.2, -0.15) is 13.2 Å². The number of hydrogen-bond acceptors (Lipinski definition) is 5. The summed E-state index contributed by atoms with van der Waals surface area (Å²) in [5.41, 5.74) is 0.244. The van der Waals surface area contributed by atoms with Gasteiger partial charge >= 0.3 is 6.18 Å². The lowest BCUT2D eigenvalue weighted by atomic mass is 10.0. The van der Waals surface area contributed by atoms with Crippen LogP contribution in [-0.4, -0.2) is 68.4 Å². The van der Waals surface area contributed by atoms with E-state index in [4.69, 9.17) is 4.74 Å². The van der Waals surface area contributed by atoms with Crippen molar-refractivity contribution in [2.24, 2.45) is 11.8 Å². The molecule has 3 heterocycles. The van der Waals surface area contributed by atoms with Gasteiger partial charge in [0.1, 0.15) is 6.09 Å². The van der Waals surface area contributed by atoms with Crippen LogP contribution in [0.1, 0.15) is 11.1 Å². The first-order valence-corrected chi connectivity index (χ1v) is 9.52. The minimum absolute atomic E-state index is 0.167. The summed E-state index contributed by atoms with van der Waals surface area (Å²) in [5, 5.41) is 11.0. The van der Waals surface area contributed by atoms with Gasteiger partial charge in [0.25, 0.3) is 0 Å². The second kappa shape index (κ2) is 7.44. The van der Waals surface area contributed by atoms with Crippen LogP contribution in [0.2, 0.25) is 0 Å². The first-order valence-electron chi connectivity index (χ1n) is 9.52. The molecular formula is C19H23F3N3O3-. The van der Waals surface area contributed by atoms with Crippen molar-refractivity contribution < 1.29 is 27.8 Å². The molecule has 3 saturated heterocycles. The molecule has 0 bridgehead atoms. The number of hydrogen-bond donors (Lipinski definition) is 0. The number of carbonyl (C=O) groups excluding carboxylic acids is 1. The van der Waals surface area contributed by atoms with E-state index >= 15 is 0 Å². The first kappa shape index (κ1) is 19.3. The standard InChI is InChI=1S/C19H24F3N3O3/c20-19(21,22)17-7-16(24-3-5-28-6-4-24)2-1-13(17)8-23-9-14-11-25(18(26)27)12-15(14)10-23/h1-2,7,14-15H,3-6,8-12H2,(H,26,27)/p-1. The predicted molar refractivity (Wildman–Crippen MR) is 93.7 cm³/mol. The van der Waals surface area contributed by atoms with Crippen LogP contribution in [0.5, 0.6) is 0 Å². The lowest BCUT2D eigenvalue weighted by Gasteiger charge is -2.30. The average Bonchev–Trinajstić information content (AvgIpc) is 3.20. The van der Waals surface area contributed by atoms with Crippen molar-refractivity contribution in [2.75, 3.05) is 57.4 Å². The summed E-state index contributed by atoms with van der Waals surface area (Å²) in [4.78, 5) is 16.2. The van der Waals surface area contributed by atoms with Gasteiger partial charge in [-0.05, 0) is 29.5 Å². The molecule has 1 aromatic rings. The molecule has 4 rings (SSSR count). The normalized spacial score (nSPS) is 26.0. The van der Waals surface area contributed by atoms with Crippen LogP contribution in [0.4, 0.5) is 23.7 Å². The van der Waals surface area contributed by atoms with Gasteiger partial charge in [-0.3, -0.25) is 4.90 Å². The maximum atomic E-state index is 13.7. The fourth-order valence-corrected chi connectivity index (χ4v) is 4.59. The number of ether oxygens (including phenoxy) is 1. The molecule has 3 aliphatic heterocycles. The third-order valence-electron chi connectivity index (χ3n) is 5.99. The van der Waals surface area contributed by atoms with E-state index in [9.17, 15) is 23.1 Å². The second-order valence-electron chi connectivity index (χ2n) is 7.82. The summed E-state index contributed by atoms with van der Waals surface area (Å²) in [7, 11) is 0. The number of rotatable bonds is 3. The van der Waals surface area contributed by atoms with Crippen LogP contribution < -0.4 is 10.0 Å². The molecule has 0 aliphatic carbocycles. The maximum Gasteiger partial charge on any atom is 0.416 e. The minimum Gasteiger partial charge on any atom is -0.530 e. The van der Waals surface area contributed by atoms with Crippen LogP contribution in [0, 0.1) is 11.8 Å². The Balaban J connectivity index is 1.48. The number of benzene rings is 1. The summed E-state index contributed by atoms with van der Waals surface area (Å²) in [6.07, 6.45) is -5.59. The van der Waals surface area contributed by atoms with E-state index in [-0.39, 0.29) is 23.9 Å². The molecule has 2 unspecified atom stereocenters. The highest BCUT2D eigenvalue weighted by molar-refractivity contribution is 5.63. The van der Waals surface area contributed by atoms with Crippen molar-refractivity contribution in [2.45, 2.75) is 12.7 Å². The molecule has 3 fully saturated rings. The first-order chi connectivity index (χ1) is 13.3. The zero-order chi connectivity index (χ0) is 19.9. The Kier molecular flexibility index (Phi) is 5.13. The lowest BCUT2D eigenvalue weighted by molar-refractivity contribution is -0.264. The lowest BCUT2D eigenvalue weighted by Crippen LogP contribution is -2.41. The van der Waals surface area contributed by atoms with E-state index in [0.717, 1.165) is 0 Å². The zero-order valence-corrected chi connectivity index (χ0v) is 15.5. The largest absolute Gasteiger partial charge is 0.530 e. The number of carbonyl (C=O) groups is 1. The molecule has 9 heteroatoms. The number of likely N-dealkylation sites (tertiary alicyclic amines) is 2. The Hall–Kier alpha value is -2.00. The fourth-order valence-electron chi connectivity index (χ4n) is 4.59. The average molecular weight is 398 g/mol.